The maximum Gasteiger partial charge on any atom is 0.276 e. The van der Waals surface area contributed by atoms with Crippen LogP contribution in [0.15, 0.2) is 12.1 Å². The van der Waals surface area contributed by atoms with Crippen LogP contribution >= 0.6 is 0 Å². The molecule has 2 rings (SSSR count). The molecule has 1 amide bonds. The van der Waals surface area contributed by atoms with Crippen LogP contribution in [0.25, 0.3) is 0 Å². The van der Waals surface area contributed by atoms with E-state index in [9.17, 15) is 14.9 Å². The number of nitro groups is 1. The SMILES string of the molecule is CNc1cc([N+](=O)[O-])cc(N2CCNC(=O)C2(C)C)n1. The van der Waals surface area contributed by atoms with Crippen molar-refractivity contribution < 1.29 is 9.72 Å². The fraction of sp³-hybridized carbons (Fsp3) is 0.500. The summed E-state index contributed by atoms with van der Waals surface area (Å²) in [5.41, 5.74) is -0.855. The molecule has 0 spiro atoms. The zero-order chi connectivity index (χ0) is 14.9. The van der Waals surface area contributed by atoms with Gasteiger partial charge in [0.1, 0.15) is 17.2 Å². The van der Waals surface area contributed by atoms with E-state index in [4.69, 9.17) is 0 Å². The number of aromatic nitrogens is 1. The van der Waals surface area contributed by atoms with Gasteiger partial charge in [0.2, 0.25) is 5.91 Å². The molecule has 1 aliphatic rings. The Hall–Kier alpha value is -2.38. The number of nitrogens with zero attached hydrogens (tertiary/aromatic N) is 3. The summed E-state index contributed by atoms with van der Waals surface area (Å²) in [5.74, 6) is 0.697. The Morgan fingerprint density at radius 1 is 1.50 bits per heavy atom. The highest BCUT2D eigenvalue weighted by molar-refractivity contribution is 5.90. The molecule has 0 saturated carbocycles. The maximum atomic E-state index is 11.9. The summed E-state index contributed by atoms with van der Waals surface area (Å²) >= 11 is 0. The average Bonchev–Trinajstić information content (AvgIpc) is 2.41. The van der Waals surface area contributed by atoms with Crippen molar-refractivity contribution in [2.45, 2.75) is 19.4 Å². The highest BCUT2D eigenvalue weighted by Crippen LogP contribution is 2.29. The van der Waals surface area contributed by atoms with E-state index < -0.39 is 10.5 Å². The predicted molar refractivity (Wildman–Crippen MR) is 74.9 cm³/mol. The minimum atomic E-state index is -0.800. The Morgan fingerprint density at radius 2 is 2.20 bits per heavy atom. The minimum Gasteiger partial charge on any atom is -0.373 e. The van der Waals surface area contributed by atoms with Crippen molar-refractivity contribution in [1.82, 2.24) is 10.3 Å². The van der Waals surface area contributed by atoms with Crippen LogP contribution in [-0.4, -0.2) is 41.5 Å². The molecular formula is C12H17N5O3. The lowest BCUT2D eigenvalue weighted by Crippen LogP contribution is -2.62. The fourth-order valence-corrected chi connectivity index (χ4v) is 2.17. The zero-order valence-electron chi connectivity index (χ0n) is 11.6. The summed E-state index contributed by atoms with van der Waals surface area (Å²) in [6.07, 6.45) is 0. The van der Waals surface area contributed by atoms with Crippen molar-refractivity contribution in [3.63, 3.8) is 0 Å². The van der Waals surface area contributed by atoms with Crippen LogP contribution in [0.5, 0.6) is 0 Å². The molecule has 0 radical (unpaired) electrons. The quantitative estimate of drug-likeness (QED) is 0.625. The van der Waals surface area contributed by atoms with E-state index >= 15 is 0 Å². The van der Waals surface area contributed by atoms with Gasteiger partial charge >= 0.3 is 0 Å². The molecule has 0 atom stereocenters. The van der Waals surface area contributed by atoms with Crippen molar-refractivity contribution in [2.75, 3.05) is 30.4 Å². The molecule has 108 valence electrons. The predicted octanol–water partition coefficient (Wildman–Crippen LogP) is 0.746. The molecule has 1 saturated heterocycles. The Labute approximate surface area is 116 Å². The molecule has 1 aromatic heterocycles. The second-order valence-electron chi connectivity index (χ2n) is 5.04. The van der Waals surface area contributed by atoms with Crippen LogP contribution in [0.4, 0.5) is 17.3 Å². The van der Waals surface area contributed by atoms with Gasteiger partial charge < -0.3 is 15.5 Å². The van der Waals surface area contributed by atoms with E-state index in [2.05, 4.69) is 15.6 Å². The first-order valence-corrected chi connectivity index (χ1v) is 6.26. The molecule has 0 bridgehead atoms. The number of hydrogen-bond donors (Lipinski definition) is 2. The Bertz CT molecular complexity index is 558. The molecule has 8 heteroatoms. The van der Waals surface area contributed by atoms with Crippen LogP contribution in [0.2, 0.25) is 0 Å². The van der Waals surface area contributed by atoms with Crippen LogP contribution in [-0.2, 0) is 4.79 Å². The monoisotopic (exact) mass is 279 g/mol. The highest BCUT2D eigenvalue weighted by Gasteiger charge is 2.39. The summed E-state index contributed by atoms with van der Waals surface area (Å²) in [7, 11) is 1.64. The topological polar surface area (TPSA) is 100 Å². The van der Waals surface area contributed by atoms with E-state index in [1.54, 1.807) is 25.8 Å². The van der Waals surface area contributed by atoms with Crippen molar-refractivity contribution in [1.29, 1.82) is 0 Å². The smallest absolute Gasteiger partial charge is 0.276 e. The van der Waals surface area contributed by atoms with E-state index in [1.165, 1.54) is 12.1 Å². The molecule has 2 heterocycles. The van der Waals surface area contributed by atoms with Gasteiger partial charge in [0.15, 0.2) is 0 Å². The standard InChI is InChI=1S/C12H17N5O3/c1-12(2)11(18)14-4-5-16(12)10-7-8(17(19)20)6-9(13-3)15-10/h6-7H,4-5H2,1-3H3,(H,13,15)(H,14,18). The Balaban J connectivity index is 2.48. The van der Waals surface area contributed by atoms with Crippen LogP contribution < -0.4 is 15.5 Å². The molecule has 0 aromatic carbocycles. The molecule has 2 N–H and O–H groups in total. The number of nitrogens with one attached hydrogen (secondary N) is 2. The first kappa shape index (κ1) is 14.0. The number of hydrogen-bond acceptors (Lipinski definition) is 6. The van der Waals surface area contributed by atoms with E-state index in [0.29, 0.717) is 24.7 Å². The van der Waals surface area contributed by atoms with Crippen molar-refractivity contribution >= 4 is 23.2 Å². The van der Waals surface area contributed by atoms with Crippen LogP contribution in [0.3, 0.4) is 0 Å². The number of piperazine rings is 1. The van der Waals surface area contributed by atoms with Crippen molar-refractivity contribution in [2.24, 2.45) is 0 Å². The van der Waals surface area contributed by atoms with Gasteiger partial charge in [-0.15, -0.1) is 0 Å². The van der Waals surface area contributed by atoms with Gasteiger partial charge in [-0.05, 0) is 13.8 Å². The molecule has 0 unspecified atom stereocenters. The molecule has 20 heavy (non-hydrogen) atoms. The average molecular weight is 279 g/mol. The number of rotatable bonds is 3. The van der Waals surface area contributed by atoms with Gasteiger partial charge in [-0.3, -0.25) is 14.9 Å². The zero-order valence-corrected chi connectivity index (χ0v) is 11.6. The Morgan fingerprint density at radius 3 is 2.80 bits per heavy atom. The summed E-state index contributed by atoms with van der Waals surface area (Å²) in [5, 5.41) is 16.6. The van der Waals surface area contributed by atoms with E-state index in [0.717, 1.165) is 0 Å². The summed E-state index contributed by atoms with van der Waals surface area (Å²) in [6, 6.07) is 2.75. The van der Waals surface area contributed by atoms with Gasteiger partial charge in [-0.2, -0.15) is 0 Å². The van der Waals surface area contributed by atoms with Crippen molar-refractivity contribution in [3.05, 3.63) is 22.2 Å². The number of anilines is 2. The molecule has 1 aliphatic heterocycles. The lowest BCUT2D eigenvalue weighted by molar-refractivity contribution is -0.384. The highest BCUT2D eigenvalue weighted by atomic mass is 16.6. The van der Waals surface area contributed by atoms with Gasteiger partial charge in [0.25, 0.3) is 5.69 Å². The van der Waals surface area contributed by atoms with Gasteiger partial charge in [-0.1, -0.05) is 0 Å². The van der Waals surface area contributed by atoms with E-state index in [1.807, 2.05) is 0 Å². The number of carbonyl (C=O) groups is 1. The first-order chi connectivity index (χ1) is 9.36. The maximum absolute atomic E-state index is 11.9. The third kappa shape index (κ3) is 2.36. The molecule has 8 nitrogen and oxygen atoms in total. The largest absolute Gasteiger partial charge is 0.373 e. The second kappa shape index (κ2) is 4.95. The second-order valence-corrected chi connectivity index (χ2v) is 5.04. The minimum absolute atomic E-state index is 0.0545. The summed E-state index contributed by atoms with van der Waals surface area (Å²) in [4.78, 5) is 28.6. The van der Waals surface area contributed by atoms with Gasteiger partial charge in [0, 0.05) is 20.1 Å². The molecule has 1 aromatic rings. The summed E-state index contributed by atoms with van der Waals surface area (Å²) in [6.45, 7) is 4.57. The Kier molecular flexibility index (Phi) is 3.47. The third-order valence-electron chi connectivity index (χ3n) is 3.39. The normalized spacial score (nSPS) is 17.6. The lowest BCUT2D eigenvalue weighted by atomic mass is 9.99. The van der Waals surface area contributed by atoms with Gasteiger partial charge in [0.05, 0.1) is 17.1 Å². The van der Waals surface area contributed by atoms with Crippen LogP contribution in [0, 0.1) is 10.1 Å². The van der Waals surface area contributed by atoms with E-state index in [-0.39, 0.29) is 11.6 Å². The molecular weight excluding hydrogens is 262 g/mol. The number of amides is 1. The van der Waals surface area contributed by atoms with Gasteiger partial charge in [-0.25, -0.2) is 4.98 Å². The van der Waals surface area contributed by atoms with Crippen LogP contribution in [0.1, 0.15) is 13.8 Å². The molecule has 0 aliphatic carbocycles. The van der Waals surface area contributed by atoms with Crippen molar-refractivity contribution in [3.8, 4) is 0 Å². The first-order valence-electron chi connectivity index (χ1n) is 6.26. The number of pyridine rings is 1. The molecule has 1 fully saturated rings. The summed E-state index contributed by atoms with van der Waals surface area (Å²) < 4.78 is 0. The lowest BCUT2D eigenvalue weighted by Gasteiger charge is -2.41. The third-order valence-corrected chi connectivity index (χ3v) is 3.39. The number of carbonyl (C=O) groups excluding carboxylic acids is 1. The fourth-order valence-electron chi connectivity index (χ4n) is 2.17.